The number of hydrogen-bond donors (Lipinski definition) is 1. The second-order valence-corrected chi connectivity index (χ2v) is 14.1. The molecule has 0 bridgehead atoms. The van der Waals surface area contributed by atoms with Crippen molar-refractivity contribution < 1.29 is 23.5 Å². The summed E-state index contributed by atoms with van der Waals surface area (Å²) >= 11 is 1.19. The maximum atomic E-state index is 14.3. The highest BCUT2D eigenvalue weighted by atomic mass is 32.2. The largest absolute Gasteiger partial charge is 0.480 e. The molecule has 2 fully saturated rings. The van der Waals surface area contributed by atoms with Gasteiger partial charge in [-0.05, 0) is 112 Å². The number of nitrogens with zero attached hydrogens (tertiary/aromatic N) is 4. The van der Waals surface area contributed by atoms with Gasteiger partial charge in [-0.3, -0.25) is 14.4 Å². The first-order chi connectivity index (χ1) is 22.2. The van der Waals surface area contributed by atoms with Gasteiger partial charge in [0.2, 0.25) is 0 Å². The molecular weight excluding hydrogens is 603 g/mol. The Bertz CT molecular complexity index is 1430. The number of likely N-dealkylation sites (N-methyl/N-ethyl adjacent to an activating group) is 1. The molecule has 1 aliphatic heterocycles. The highest BCUT2D eigenvalue weighted by Crippen LogP contribution is 2.43. The van der Waals surface area contributed by atoms with Crippen molar-refractivity contribution in [1.82, 2.24) is 19.6 Å². The van der Waals surface area contributed by atoms with Crippen molar-refractivity contribution in [2.45, 2.75) is 88.2 Å². The molecule has 0 amide bonds. The Morgan fingerprint density at radius 1 is 1.13 bits per heavy atom. The zero-order valence-corrected chi connectivity index (χ0v) is 28.6. The molecule has 1 saturated carbocycles. The molecule has 1 N–H and O–H groups in total. The van der Waals surface area contributed by atoms with E-state index in [2.05, 4.69) is 44.5 Å². The summed E-state index contributed by atoms with van der Waals surface area (Å²) in [4.78, 5) is 22.5. The van der Waals surface area contributed by atoms with Gasteiger partial charge in [-0.1, -0.05) is 38.1 Å². The zero-order valence-electron chi connectivity index (χ0n) is 27.8. The van der Waals surface area contributed by atoms with Crippen LogP contribution in [0.1, 0.15) is 80.8 Å². The van der Waals surface area contributed by atoms with Crippen molar-refractivity contribution >= 4 is 18.0 Å². The summed E-state index contributed by atoms with van der Waals surface area (Å²) in [6, 6.07) is 17.2. The molecule has 3 aromatic rings. The molecule has 0 radical (unpaired) electrons. The number of hydrogen-bond acceptors (Lipinski definition) is 7. The molecule has 2 aliphatic rings. The van der Waals surface area contributed by atoms with E-state index in [4.69, 9.17) is 9.43 Å². The number of halogens is 1. The number of rotatable bonds is 14. The third-order valence-electron chi connectivity index (χ3n) is 10.0. The fraction of sp³-hybridized carbons (Fsp3) is 0.556. The van der Waals surface area contributed by atoms with E-state index in [-0.39, 0.29) is 23.7 Å². The minimum absolute atomic E-state index is 0.00566. The average molecular weight is 653 g/mol. The van der Waals surface area contributed by atoms with Gasteiger partial charge in [0, 0.05) is 42.1 Å². The Morgan fingerprint density at radius 2 is 1.87 bits per heavy atom. The lowest BCUT2D eigenvalue weighted by molar-refractivity contribution is -0.160. The van der Waals surface area contributed by atoms with Crippen molar-refractivity contribution in [3.63, 3.8) is 0 Å². The normalized spacial score (nSPS) is 21.8. The fourth-order valence-electron chi connectivity index (χ4n) is 7.78. The summed E-state index contributed by atoms with van der Waals surface area (Å²) < 4.78 is 21.5. The maximum Gasteiger partial charge on any atom is 0.321 e. The summed E-state index contributed by atoms with van der Waals surface area (Å²) in [5, 5.41) is 14.9. The summed E-state index contributed by atoms with van der Waals surface area (Å²) in [5.74, 6) is 0.0269. The molecule has 250 valence electrons. The van der Waals surface area contributed by atoms with Crippen LogP contribution in [0.3, 0.4) is 0 Å². The summed E-state index contributed by atoms with van der Waals surface area (Å²) in [7, 11) is 3.45. The Balaban J connectivity index is 1.23. The third kappa shape index (κ3) is 8.39. The number of likely N-dealkylation sites (tertiary alicyclic amines) is 1. The number of benzene rings is 2. The second kappa shape index (κ2) is 15.9. The molecular formula is C36H49FN4O4S. The van der Waals surface area contributed by atoms with Gasteiger partial charge in [-0.25, -0.2) is 9.28 Å². The van der Waals surface area contributed by atoms with Crippen LogP contribution in [-0.2, 0) is 27.0 Å². The predicted octanol–water partition coefficient (Wildman–Crippen LogP) is 7.00. The van der Waals surface area contributed by atoms with Crippen LogP contribution in [0, 0.1) is 17.7 Å². The second-order valence-electron chi connectivity index (χ2n) is 13.3. The molecule has 1 saturated heterocycles. The predicted molar refractivity (Wildman–Crippen MR) is 179 cm³/mol. The highest BCUT2D eigenvalue weighted by molar-refractivity contribution is 7.94. The number of aliphatic carboxylic acids is 1. The lowest BCUT2D eigenvalue weighted by atomic mass is 9.87. The van der Waals surface area contributed by atoms with Crippen molar-refractivity contribution in [3.8, 4) is 0 Å². The Hall–Kier alpha value is -2.76. The van der Waals surface area contributed by atoms with Gasteiger partial charge in [-0.2, -0.15) is 9.43 Å². The average Bonchev–Trinajstić information content (AvgIpc) is 3.65. The van der Waals surface area contributed by atoms with Crippen LogP contribution in [0.2, 0.25) is 0 Å². The molecule has 0 spiro atoms. The van der Waals surface area contributed by atoms with Gasteiger partial charge in [0.25, 0.3) is 0 Å². The maximum absolute atomic E-state index is 14.3. The zero-order chi connectivity index (χ0) is 32.8. The van der Waals surface area contributed by atoms with Crippen LogP contribution in [0.25, 0.3) is 0 Å². The molecule has 10 heteroatoms. The van der Waals surface area contributed by atoms with E-state index >= 15 is 0 Å². The monoisotopic (exact) mass is 652 g/mol. The van der Waals surface area contributed by atoms with Crippen LogP contribution >= 0.6 is 12.0 Å². The van der Waals surface area contributed by atoms with E-state index in [1.165, 1.54) is 36.5 Å². The molecule has 2 aromatic carbocycles. The first kappa shape index (κ1) is 34.6. The molecule has 8 nitrogen and oxygen atoms in total. The lowest BCUT2D eigenvalue weighted by Crippen LogP contribution is -2.47. The number of carbonyl (C=O) groups is 1. The van der Waals surface area contributed by atoms with Crippen LogP contribution in [0.4, 0.5) is 4.39 Å². The fourth-order valence-corrected chi connectivity index (χ4v) is 8.17. The number of carboxylic acids is 1. The van der Waals surface area contributed by atoms with E-state index in [1.54, 1.807) is 12.1 Å². The van der Waals surface area contributed by atoms with Crippen LogP contribution in [0.15, 0.2) is 59.5 Å². The summed E-state index contributed by atoms with van der Waals surface area (Å²) in [6.07, 6.45) is 4.70. The molecule has 46 heavy (non-hydrogen) atoms. The van der Waals surface area contributed by atoms with Gasteiger partial charge in [0.1, 0.15) is 11.9 Å². The number of piperidine rings is 1. The first-order valence-corrected chi connectivity index (χ1v) is 17.4. The highest BCUT2D eigenvalue weighted by Gasteiger charge is 2.42. The lowest BCUT2D eigenvalue weighted by Gasteiger charge is -2.35. The van der Waals surface area contributed by atoms with Gasteiger partial charge in [0.05, 0.1) is 24.8 Å². The number of aryl methyl sites for hydroxylation is 1. The molecule has 1 unspecified atom stereocenters. The SMILES string of the molecule is CCn1nc(Cc2ccc(SOOC)cc2)cc1C1CCN(C[C@H]2CC(N(C)[C@@H](C(=O)O)C(C)C)C[C@@H]2c2cccc(F)c2)CC1. The van der Waals surface area contributed by atoms with Gasteiger partial charge < -0.3 is 10.0 Å². The molecule has 1 aromatic heterocycles. The molecule has 5 rings (SSSR count). The van der Waals surface area contributed by atoms with E-state index < -0.39 is 12.0 Å². The number of carboxylic acid groups (broad SMARTS) is 1. The van der Waals surface area contributed by atoms with Crippen molar-refractivity contribution in [1.29, 1.82) is 0 Å². The smallest absolute Gasteiger partial charge is 0.321 e. The van der Waals surface area contributed by atoms with Crippen LogP contribution < -0.4 is 0 Å². The quantitative estimate of drug-likeness (QED) is 0.113. The van der Waals surface area contributed by atoms with Crippen molar-refractivity contribution in [2.75, 3.05) is 33.8 Å². The minimum atomic E-state index is -0.773. The summed E-state index contributed by atoms with van der Waals surface area (Å²) in [5.41, 5.74) is 4.66. The Labute approximate surface area is 277 Å². The van der Waals surface area contributed by atoms with Crippen LogP contribution in [0.5, 0.6) is 0 Å². The third-order valence-corrected chi connectivity index (χ3v) is 10.7. The standard InChI is InChI=1S/C36H49FN4O4S/c1-6-41-34(21-30(38-41)18-25-10-12-32(13-11-25)46-45-44-5)26-14-16-40(17-15-26)23-28-20-31(39(4)35(24(2)3)36(42)43)22-33(28)27-8-7-9-29(37)19-27/h7-13,19,21,24,26,28,31,33,35H,6,14-18,20,22-23H2,1-5H3,(H,42,43)/t28-,31?,33-,35-/m1/s1. The Morgan fingerprint density at radius 3 is 2.50 bits per heavy atom. The molecule has 2 heterocycles. The minimum Gasteiger partial charge on any atom is -0.480 e. The molecule has 1 aliphatic carbocycles. The van der Waals surface area contributed by atoms with Gasteiger partial charge in [-0.15, -0.1) is 0 Å². The van der Waals surface area contributed by atoms with Gasteiger partial charge >= 0.3 is 5.97 Å². The summed E-state index contributed by atoms with van der Waals surface area (Å²) in [6.45, 7) is 9.91. The first-order valence-electron chi connectivity index (χ1n) is 16.6. The van der Waals surface area contributed by atoms with Gasteiger partial charge in [0.15, 0.2) is 0 Å². The Kier molecular flexibility index (Phi) is 11.9. The molecule has 4 atom stereocenters. The van der Waals surface area contributed by atoms with Crippen molar-refractivity contribution in [3.05, 3.63) is 82.9 Å². The van der Waals surface area contributed by atoms with Crippen molar-refractivity contribution in [2.24, 2.45) is 11.8 Å². The van der Waals surface area contributed by atoms with E-state index in [0.717, 1.165) is 74.4 Å². The van der Waals surface area contributed by atoms with E-state index in [9.17, 15) is 14.3 Å². The topological polar surface area (TPSA) is 80.1 Å². The van der Waals surface area contributed by atoms with E-state index in [0.29, 0.717) is 11.8 Å². The number of aromatic nitrogens is 2. The van der Waals surface area contributed by atoms with Crippen LogP contribution in [-0.4, -0.2) is 76.5 Å². The van der Waals surface area contributed by atoms with E-state index in [1.807, 2.05) is 39.1 Å².